The first-order valence-corrected chi connectivity index (χ1v) is 8.84. The number of hydrogen-bond donors (Lipinski definition) is 2. The van der Waals surface area contributed by atoms with Gasteiger partial charge >= 0.3 is 0 Å². The van der Waals surface area contributed by atoms with Gasteiger partial charge in [-0.1, -0.05) is 23.3 Å². The minimum Gasteiger partial charge on any atom is -0.495 e. The maximum absolute atomic E-state index is 6.14. The number of hydrogen-bond acceptors (Lipinski definition) is 6. The van der Waals surface area contributed by atoms with Crippen LogP contribution in [0.1, 0.15) is 32.1 Å². The van der Waals surface area contributed by atoms with Gasteiger partial charge in [0.2, 0.25) is 5.95 Å². The van der Waals surface area contributed by atoms with Crippen LogP contribution < -0.4 is 15.4 Å². The molecule has 0 bridgehead atoms. The van der Waals surface area contributed by atoms with Crippen LogP contribution in [0.25, 0.3) is 0 Å². The molecule has 1 aromatic heterocycles. The van der Waals surface area contributed by atoms with E-state index in [9.17, 15) is 0 Å². The second kappa shape index (κ2) is 8.67. The summed E-state index contributed by atoms with van der Waals surface area (Å²) < 4.78 is 5.15. The van der Waals surface area contributed by atoms with Crippen molar-refractivity contribution in [3.8, 4) is 5.75 Å². The Morgan fingerprint density at radius 1 is 1.28 bits per heavy atom. The van der Waals surface area contributed by atoms with E-state index in [1.54, 1.807) is 25.4 Å². The molecule has 1 aromatic carbocycles. The van der Waals surface area contributed by atoms with Crippen LogP contribution in [0.3, 0.4) is 0 Å². The predicted octanol–water partition coefficient (Wildman–Crippen LogP) is 4.58. The molecule has 0 spiro atoms. The molecule has 6 nitrogen and oxygen atoms in total. The molecule has 2 aromatic rings. The van der Waals surface area contributed by atoms with Crippen LogP contribution in [-0.2, 0) is 0 Å². The highest BCUT2D eigenvalue weighted by Crippen LogP contribution is 2.28. The highest BCUT2D eigenvalue weighted by molar-refractivity contribution is 6.32. The lowest BCUT2D eigenvalue weighted by Gasteiger charge is -2.13. The molecule has 132 valence electrons. The maximum atomic E-state index is 6.14. The van der Waals surface area contributed by atoms with Crippen LogP contribution in [0, 0.1) is 0 Å². The Hall–Kier alpha value is -2.34. The molecule has 25 heavy (non-hydrogen) atoms. The molecular formula is C18H22ClN5O. The lowest BCUT2D eigenvalue weighted by Crippen LogP contribution is -2.09. The molecule has 0 saturated heterocycles. The standard InChI is InChI=1S/C18H22ClN5O/c1-25-16-8-7-14(11-15(16)19)22-17-12-21-24-18(23-17)20-10-9-13-5-3-2-4-6-13/h5,7-8,11-12H,2-4,6,9-10H2,1H3,(H2,20,22,23,24). The van der Waals surface area contributed by atoms with Crippen molar-refractivity contribution in [2.24, 2.45) is 0 Å². The van der Waals surface area contributed by atoms with Gasteiger partial charge in [0.15, 0.2) is 5.82 Å². The first-order valence-electron chi connectivity index (χ1n) is 8.46. The average molecular weight is 360 g/mol. The molecule has 1 aliphatic rings. The number of allylic oxidation sites excluding steroid dienone is 1. The molecule has 0 aliphatic heterocycles. The van der Waals surface area contributed by atoms with E-state index in [0.29, 0.717) is 22.5 Å². The van der Waals surface area contributed by atoms with Gasteiger partial charge in [-0.25, -0.2) is 0 Å². The summed E-state index contributed by atoms with van der Waals surface area (Å²) in [5.41, 5.74) is 2.33. The smallest absolute Gasteiger partial charge is 0.244 e. The number of anilines is 3. The summed E-state index contributed by atoms with van der Waals surface area (Å²) >= 11 is 6.14. The first kappa shape index (κ1) is 17.5. The van der Waals surface area contributed by atoms with Crippen molar-refractivity contribution in [3.63, 3.8) is 0 Å². The van der Waals surface area contributed by atoms with Gasteiger partial charge in [0, 0.05) is 12.2 Å². The van der Waals surface area contributed by atoms with Crippen LogP contribution in [0.2, 0.25) is 5.02 Å². The minimum atomic E-state index is 0.515. The van der Waals surface area contributed by atoms with Crippen molar-refractivity contribution in [1.29, 1.82) is 0 Å². The zero-order valence-electron chi connectivity index (χ0n) is 14.3. The number of benzene rings is 1. The maximum Gasteiger partial charge on any atom is 0.244 e. The van der Waals surface area contributed by atoms with E-state index >= 15 is 0 Å². The number of halogens is 1. The van der Waals surface area contributed by atoms with Crippen molar-refractivity contribution < 1.29 is 4.74 Å². The number of nitrogens with one attached hydrogen (secondary N) is 2. The third kappa shape index (κ3) is 5.06. The van der Waals surface area contributed by atoms with E-state index in [0.717, 1.165) is 18.7 Å². The lowest BCUT2D eigenvalue weighted by molar-refractivity contribution is 0.415. The van der Waals surface area contributed by atoms with Crippen LogP contribution >= 0.6 is 11.6 Å². The summed E-state index contributed by atoms with van der Waals surface area (Å²) in [5, 5.41) is 15.0. The highest BCUT2D eigenvalue weighted by atomic mass is 35.5. The Kier molecular flexibility index (Phi) is 6.06. The topological polar surface area (TPSA) is 72.0 Å². The quantitative estimate of drug-likeness (QED) is 0.705. The minimum absolute atomic E-state index is 0.515. The highest BCUT2D eigenvalue weighted by Gasteiger charge is 2.06. The molecular weight excluding hydrogens is 338 g/mol. The SMILES string of the molecule is COc1ccc(Nc2cnnc(NCCC3=CCCCC3)n2)cc1Cl. The molecule has 0 saturated carbocycles. The molecule has 1 heterocycles. The zero-order valence-corrected chi connectivity index (χ0v) is 15.0. The van der Waals surface area contributed by atoms with Gasteiger partial charge in [-0.05, 0) is 50.3 Å². The van der Waals surface area contributed by atoms with Crippen LogP contribution in [0.5, 0.6) is 5.75 Å². The summed E-state index contributed by atoms with van der Waals surface area (Å²) in [4.78, 5) is 4.43. The van der Waals surface area contributed by atoms with Gasteiger partial charge in [-0.3, -0.25) is 0 Å². The molecule has 0 unspecified atom stereocenters. The van der Waals surface area contributed by atoms with Crippen molar-refractivity contribution in [2.75, 3.05) is 24.3 Å². The van der Waals surface area contributed by atoms with Gasteiger partial charge in [-0.2, -0.15) is 10.1 Å². The van der Waals surface area contributed by atoms with Crippen molar-refractivity contribution in [2.45, 2.75) is 32.1 Å². The third-order valence-electron chi connectivity index (χ3n) is 4.10. The van der Waals surface area contributed by atoms with E-state index < -0.39 is 0 Å². The van der Waals surface area contributed by atoms with Crippen molar-refractivity contribution in [1.82, 2.24) is 15.2 Å². The Bertz CT molecular complexity index is 750. The summed E-state index contributed by atoms with van der Waals surface area (Å²) in [7, 11) is 1.59. The molecule has 1 aliphatic carbocycles. The monoisotopic (exact) mass is 359 g/mol. The Morgan fingerprint density at radius 3 is 2.96 bits per heavy atom. The number of rotatable bonds is 7. The fourth-order valence-electron chi connectivity index (χ4n) is 2.80. The largest absolute Gasteiger partial charge is 0.495 e. The Morgan fingerprint density at radius 2 is 2.20 bits per heavy atom. The Labute approximate surface area is 152 Å². The molecule has 0 fully saturated rings. The van der Waals surface area contributed by atoms with Crippen LogP contribution in [0.4, 0.5) is 17.5 Å². The van der Waals surface area contributed by atoms with Gasteiger partial charge in [0.05, 0.1) is 18.3 Å². The molecule has 2 N–H and O–H groups in total. The molecule has 0 radical (unpaired) electrons. The normalized spacial score (nSPS) is 13.9. The molecule has 7 heteroatoms. The van der Waals surface area contributed by atoms with E-state index in [4.69, 9.17) is 16.3 Å². The number of aromatic nitrogens is 3. The predicted molar refractivity (Wildman–Crippen MR) is 101 cm³/mol. The van der Waals surface area contributed by atoms with Crippen LogP contribution in [-0.4, -0.2) is 28.8 Å². The molecule has 0 amide bonds. The fourth-order valence-corrected chi connectivity index (χ4v) is 3.05. The second-order valence-corrected chi connectivity index (χ2v) is 6.33. The summed E-state index contributed by atoms with van der Waals surface area (Å²) in [6, 6.07) is 5.46. The number of ether oxygens (including phenoxy) is 1. The van der Waals surface area contributed by atoms with Crippen molar-refractivity contribution in [3.05, 3.63) is 41.1 Å². The van der Waals surface area contributed by atoms with Gasteiger partial charge in [0.25, 0.3) is 0 Å². The van der Waals surface area contributed by atoms with Gasteiger partial charge < -0.3 is 15.4 Å². The third-order valence-corrected chi connectivity index (χ3v) is 4.39. The first-order chi connectivity index (χ1) is 12.2. The lowest BCUT2D eigenvalue weighted by atomic mass is 9.97. The second-order valence-electron chi connectivity index (χ2n) is 5.92. The van der Waals surface area contributed by atoms with Gasteiger partial charge in [0.1, 0.15) is 5.75 Å². The van der Waals surface area contributed by atoms with E-state index in [2.05, 4.69) is 31.9 Å². The van der Waals surface area contributed by atoms with Crippen molar-refractivity contribution >= 4 is 29.1 Å². The van der Waals surface area contributed by atoms with E-state index in [-0.39, 0.29) is 0 Å². The molecule has 0 atom stereocenters. The number of methoxy groups -OCH3 is 1. The molecule has 3 rings (SSSR count). The zero-order chi connectivity index (χ0) is 17.5. The van der Waals surface area contributed by atoms with Crippen LogP contribution in [0.15, 0.2) is 36.0 Å². The van der Waals surface area contributed by atoms with E-state index in [1.807, 2.05) is 6.07 Å². The number of nitrogens with zero attached hydrogens (tertiary/aromatic N) is 3. The van der Waals surface area contributed by atoms with E-state index in [1.165, 1.54) is 31.3 Å². The fraction of sp³-hybridized carbons (Fsp3) is 0.389. The average Bonchev–Trinajstić information content (AvgIpc) is 2.63. The summed E-state index contributed by atoms with van der Waals surface area (Å²) in [6.07, 6.45) is 9.98. The van der Waals surface area contributed by atoms with Gasteiger partial charge in [-0.15, -0.1) is 5.10 Å². The summed E-state index contributed by atoms with van der Waals surface area (Å²) in [6.45, 7) is 0.811. The summed E-state index contributed by atoms with van der Waals surface area (Å²) in [5.74, 6) is 1.75. The Balaban J connectivity index is 1.57.